The quantitative estimate of drug-likeness (QED) is 0.500. The zero-order valence-electron chi connectivity index (χ0n) is 23.0. The van der Waals surface area contributed by atoms with Crippen molar-refractivity contribution in [1.82, 2.24) is 25.3 Å². The molecule has 0 aromatic heterocycles. The predicted octanol–water partition coefficient (Wildman–Crippen LogP) is 3.73. The van der Waals surface area contributed by atoms with Gasteiger partial charge in [-0.15, -0.1) is 0 Å². The number of likely N-dealkylation sites (N-methyl/N-ethyl adjacent to an activating group) is 1. The maximum Gasteiger partial charge on any atom is 0.338 e. The van der Waals surface area contributed by atoms with Crippen LogP contribution in [0.25, 0.3) is 0 Å². The number of hydrogen-bond acceptors (Lipinski definition) is 6. The van der Waals surface area contributed by atoms with Gasteiger partial charge in [0.1, 0.15) is 11.5 Å². The molecular formula is C29H37N5O5. The van der Waals surface area contributed by atoms with Crippen LogP contribution in [0, 0.1) is 0 Å². The number of benzene rings is 2. The molecule has 2 heterocycles. The fourth-order valence-corrected chi connectivity index (χ4v) is 4.69. The molecule has 4 rings (SSSR count). The second kappa shape index (κ2) is 12.7. The van der Waals surface area contributed by atoms with Gasteiger partial charge in [-0.1, -0.05) is 30.3 Å². The molecule has 0 bridgehead atoms. The van der Waals surface area contributed by atoms with Crippen LogP contribution in [-0.4, -0.2) is 85.2 Å². The SMILES string of the molecule is CCOC(=O)C1=C(CN2CCN(C(=O)NC(C)C)CC2)N(C)C(=O)N[C@@H]1c1cccc(Oc2ccccc2)c1. The molecule has 0 spiro atoms. The largest absolute Gasteiger partial charge is 0.463 e. The Kier molecular flexibility index (Phi) is 9.08. The second-order valence-corrected chi connectivity index (χ2v) is 9.88. The van der Waals surface area contributed by atoms with Crippen molar-refractivity contribution in [3.8, 4) is 11.5 Å². The molecule has 1 fully saturated rings. The van der Waals surface area contributed by atoms with Crippen molar-refractivity contribution < 1.29 is 23.9 Å². The molecular weight excluding hydrogens is 498 g/mol. The minimum Gasteiger partial charge on any atom is -0.463 e. The average molecular weight is 536 g/mol. The Morgan fingerprint density at radius 2 is 1.72 bits per heavy atom. The molecule has 2 N–H and O–H groups in total. The second-order valence-electron chi connectivity index (χ2n) is 9.88. The van der Waals surface area contributed by atoms with Crippen molar-refractivity contribution in [2.24, 2.45) is 0 Å². The zero-order valence-corrected chi connectivity index (χ0v) is 23.0. The molecule has 2 aromatic carbocycles. The molecule has 0 saturated carbocycles. The first-order valence-corrected chi connectivity index (χ1v) is 13.3. The van der Waals surface area contributed by atoms with Crippen molar-refractivity contribution in [2.75, 3.05) is 46.4 Å². The number of hydrogen-bond donors (Lipinski definition) is 2. The Morgan fingerprint density at radius 3 is 2.38 bits per heavy atom. The van der Waals surface area contributed by atoms with Crippen LogP contribution < -0.4 is 15.4 Å². The number of para-hydroxylation sites is 1. The summed E-state index contributed by atoms with van der Waals surface area (Å²) in [6.45, 7) is 8.54. The highest BCUT2D eigenvalue weighted by Gasteiger charge is 2.38. The van der Waals surface area contributed by atoms with E-state index in [1.165, 1.54) is 4.90 Å². The summed E-state index contributed by atoms with van der Waals surface area (Å²) in [5.74, 6) is 0.797. The van der Waals surface area contributed by atoms with E-state index >= 15 is 0 Å². The topological polar surface area (TPSA) is 103 Å². The smallest absolute Gasteiger partial charge is 0.338 e. The third-order valence-electron chi connectivity index (χ3n) is 6.69. The van der Waals surface area contributed by atoms with Crippen LogP contribution in [0.4, 0.5) is 9.59 Å². The third kappa shape index (κ3) is 6.88. The highest BCUT2D eigenvalue weighted by Crippen LogP contribution is 2.34. The van der Waals surface area contributed by atoms with Gasteiger partial charge in [-0.2, -0.15) is 0 Å². The molecule has 1 atom stereocenters. The van der Waals surface area contributed by atoms with E-state index in [4.69, 9.17) is 9.47 Å². The number of esters is 1. The fourth-order valence-electron chi connectivity index (χ4n) is 4.69. The molecule has 1 saturated heterocycles. The fraction of sp³-hybridized carbons (Fsp3) is 0.414. The predicted molar refractivity (Wildman–Crippen MR) is 147 cm³/mol. The molecule has 0 unspecified atom stereocenters. The summed E-state index contributed by atoms with van der Waals surface area (Å²) in [7, 11) is 1.65. The van der Waals surface area contributed by atoms with Crippen LogP contribution in [0.15, 0.2) is 65.9 Å². The van der Waals surface area contributed by atoms with Gasteiger partial charge in [0.2, 0.25) is 0 Å². The number of ether oxygens (including phenoxy) is 2. The molecule has 2 aliphatic rings. The van der Waals surface area contributed by atoms with Crippen LogP contribution >= 0.6 is 0 Å². The van der Waals surface area contributed by atoms with Gasteiger partial charge in [-0.25, -0.2) is 14.4 Å². The van der Waals surface area contributed by atoms with Gasteiger partial charge in [0.25, 0.3) is 0 Å². The van der Waals surface area contributed by atoms with E-state index in [1.54, 1.807) is 18.9 Å². The number of urea groups is 2. The lowest BCUT2D eigenvalue weighted by atomic mass is 9.94. The minimum absolute atomic E-state index is 0.0655. The maximum atomic E-state index is 13.3. The van der Waals surface area contributed by atoms with E-state index in [0.29, 0.717) is 61.1 Å². The molecule has 2 aliphatic heterocycles. The molecule has 4 amide bonds. The Hall–Kier alpha value is -4.05. The lowest BCUT2D eigenvalue weighted by Crippen LogP contribution is -2.55. The average Bonchev–Trinajstić information content (AvgIpc) is 2.92. The number of carbonyl (C=O) groups excluding carboxylic acids is 3. The van der Waals surface area contributed by atoms with Gasteiger partial charge in [-0.3, -0.25) is 9.80 Å². The van der Waals surface area contributed by atoms with Crippen LogP contribution in [0.2, 0.25) is 0 Å². The summed E-state index contributed by atoms with van der Waals surface area (Å²) < 4.78 is 11.5. The Balaban J connectivity index is 1.60. The Labute approximate surface area is 229 Å². The van der Waals surface area contributed by atoms with Gasteiger partial charge in [-0.05, 0) is 50.6 Å². The standard InChI is InChI=1S/C29H37N5O5/c1-5-38-27(35)25-24(19-33-14-16-34(17-15-33)29(37)30-20(2)3)32(4)28(36)31-26(25)21-10-9-13-23(18-21)39-22-11-7-6-8-12-22/h6-13,18,20,26H,5,14-17,19H2,1-4H3,(H,30,37)(H,31,36)/t26-/m1/s1. The normalized spacial score (nSPS) is 18.2. The van der Waals surface area contributed by atoms with E-state index in [1.807, 2.05) is 68.4 Å². The first kappa shape index (κ1) is 28.0. The van der Waals surface area contributed by atoms with Crippen molar-refractivity contribution in [3.05, 3.63) is 71.4 Å². The van der Waals surface area contributed by atoms with Crippen LogP contribution in [-0.2, 0) is 9.53 Å². The lowest BCUT2D eigenvalue weighted by Gasteiger charge is -2.39. The molecule has 39 heavy (non-hydrogen) atoms. The molecule has 0 radical (unpaired) electrons. The first-order valence-electron chi connectivity index (χ1n) is 13.3. The van der Waals surface area contributed by atoms with E-state index in [-0.39, 0.29) is 24.7 Å². The molecule has 0 aliphatic carbocycles. The van der Waals surface area contributed by atoms with Crippen molar-refractivity contribution in [2.45, 2.75) is 32.9 Å². The minimum atomic E-state index is -0.708. The highest BCUT2D eigenvalue weighted by molar-refractivity contribution is 5.95. The lowest BCUT2D eigenvalue weighted by molar-refractivity contribution is -0.139. The van der Waals surface area contributed by atoms with Crippen LogP contribution in [0.5, 0.6) is 11.5 Å². The molecule has 2 aromatic rings. The highest BCUT2D eigenvalue weighted by atomic mass is 16.5. The first-order chi connectivity index (χ1) is 18.8. The van der Waals surface area contributed by atoms with Gasteiger partial charge < -0.3 is 25.0 Å². The Bertz CT molecular complexity index is 1210. The summed E-state index contributed by atoms with van der Waals surface area (Å²) in [4.78, 5) is 44.3. The maximum absolute atomic E-state index is 13.3. The van der Waals surface area contributed by atoms with Crippen molar-refractivity contribution in [1.29, 1.82) is 0 Å². The number of nitrogens with one attached hydrogen (secondary N) is 2. The van der Waals surface area contributed by atoms with Crippen LogP contribution in [0.1, 0.15) is 32.4 Å². The van der Waals surface area contributed by atoms with E-state index in [2.05, 4.69) is 15.5 Å². The number of nitrogens with zero attached hydrogens (tertiary/aromatic N) is 3. The van der Waals surface area contributed by atoms with Gasteiger partial charge in [0, 0.05) is 51.5 Å². The molecule has 208 valence electrons. The van der Waals surface area contributed by atoms with Gasteiger partial charge in [0.05, 0.1) is 18.2 Å². The van der Waals surface area contributed by atoms with Crippen LogP contribution in [0.3, 0.4) is 0 Å². The van der Waals surface area contributed by atoms with Gasteiger partial charge in [0.15, 0.2) is 0 Å². The van der Waals surface area contributed by atoms with E-state index in [9.17, 15) is 14.4 Å². The summed E-state index contributed by atoms with van der Waals surface area (Å²) in [6, 6.07) is 15.7. The Morgan fingerprint density at radius 1 is 1.03 bits per heavy atom. The summed E-state index contributed by atoms with van der Waals surface area (Å²) in [5.41, 5.74) is 1.67. The van der Waals surface area contributed by atoms with Crippen molar-refractivity contribution >= 4 is 18.0 Å². The number of carbonyl (C=O) groups is 3. The number of piperazine rings is 1. The van der Waals surface area contributed by atoms with Crippen molar-refractivity contribution in [3.63, 3.8) is 0 Å². The third-order valence-corrected chi connectivity index (χ3v) is 6.69. The summed E-state index contributed by atoms with van der Waals surface area (Å²) >= 11 is 0. The number of rotatable bonds is 8. The number of amides is 4. The summed E-state index contributed by atoms with van der Waals surface area (Å²) in [5, 5.41) is 5.89. The van der Waals surface area contributed by atoms with E-state index < -0.39 is 12.0 Å². The zero-order chi connectivity index (χ0) is 27.9. The molecule has 10 nitrogen and oxygen atoms in total. The monoisotopic (exact) mass is 535 g/mol. The van der Waals surface area contributed by atoms with Gasteiger partial charge >= 0.3 is 18.0 Å². The molecule has 10 heteroatoms. The summed E-state index contributed by atoms with van der Waals surface area (Å²) in [6.07, 6.45) is 0. The van der Waals surface area contributed by atoms with E-state index in [0.717, 1.165) is 0 Å².